The third-order valence-corrected chi connectivity index (χ3v) is 3.57. The zero-order chi connectivity index (χ0) is 13.0. The molecule has 0 unspecified atom stereocenters. The number of carbonyl (C=O) groups is 1. The smallest absolute Gasteiger partial charge is 0.253 e. The predicted octanol–water partition coefficient (Wildman–Crippen LogP) is 1.68. The number of nitrogens with zero attached hydrogens (tertiary/aromatic N) is 1. The molecule has 1 amide bonds. The molecular formula is C13H20N4O. The van der Waals surface area contributed by atoms with Gasteiger partial charge in [-0.1, -0.05) is 6.92 Å². The third-order valence-electron chi connectivity index (χ3n) is 3.57. The molecule has 1 aromatic heterocycles. The Morgan fingerprint density at radius 1 is 1.39 bits per heavy atom. The van der Waals surface area contributed by atoms with Gasteiger partial charge in [-0.2, -0.15) is 0 Å². The Labute approximate surface area is 107 Å². The second kappa shape index (κ2) is 5.82. The summed E-state index contributed by atoms with van der Waals surface area (Å²) in [5.74, 6) is 6.07. The number of amides is 1. The Morgan fingerprint density at radius 3 is 2.78 bits per heavy atom. The fourth-order valence-electron chi connectivity index (χ4n) is 2.38. The lowest BCUT2D eigenvalue weighted by atomic mass is 9.87. The summed E-state index contributed by atoms with van der Waals surface area (Å²) in [5, 5.41) is 3.07. The minimum Gasteiger partial charge on any atom is -0.349 e. The van der Waals surface area contributed by atoms with Crippen molar-refractivity contribution in [1.82, 2.24) is 10.3 Å². The molecule has 1 heterocycles. The fraction of sp³-hybridized carbons (Fsp3) is 0.538. The van der Waals surface area contributed by atoms with Crippen LogP contribution in [-0.4, -0.2) is 16.9 Å². The molecule has 1 aliphatic carbocycles. The Kier molecular flexibility index (Phi) is 4.15. The second-order valence-corrected chi connectivity index (χ2v) is 5.00. The van der Waals surface area contributed by atoms with Gasteiger partial charge in [-0.15, -0.1) is 0 Å². The van der Waals surface area contributed by atoms with E-state index < -0.39 is 0 Å². The zero-order valence-electron chi connectivity index (χ0n) is 10.6. The van der Waals surface area contributed by atoms with E-state index in [4.69, 9.17) is 5.84 Å². The molecule has 0 spiro atoms. The summed E-state index contributed by atoms with van der Waals surface area (Å²) in [6.07, 6.45) is 7.63. The van der Waals surface area contributed by atoms with Crippen molar-refractivity contribution in [1.29, 1.82) is 0 Å². The number of carbonyl (C=O) groups excluding carboxylic acids is 1. The molecule has 0 bridgehead atoms. The van der Waals surface area contributed by atoms with Gasteiger partial charge in [-0.05, 0) is 37.7 Å². The second-order valence-electron chi connectivity index (χ2n) is 5.00. The van der Waals surface area contributed by atoms with Crippen molar-refractivity contribution >= 4 is 11.6 Å². The largest absolute Gasteiger partial charge is 0.349 e. The molecule has 1 aliphatic rings. The van der Waals surface area contributed by atoms with E-state index in [0.29, 0.717) is 11.3 Å². The van der Waals surface area contributed by atoms with Crippen LogP contribution >= 0.6 is 0 Å². The van der Waals surface area contributed by atoms with Crippen molar-refractivity contribution in [2.45, 2.75) is 38.6 Å². The topological polar surface area (TPSA) is 80.0 Å². The van der Waals surface area contributed by atoms with Crippen molar-refractivity contribution in [2.24, 2.45) is 11.8 Å². The Hall–Kier alpha value is -1.62. The standard InChI is InChI=1S/C13H20N4O/c1-9-2-4-10(5-3-9)16-13(18)11-6-7-15-8-12(11)17-14/h6-10,17H,2-5,14H2,1H3,(H,16,18). The van der Waals surface area contributed by atoms with Crippen molar-refractivity contribution in [3.8, 4) is 0 Å². The molecule has 1 saturated carbocycles. The number of hydrogen-bond donors (Lipinski definition) is 3. The lowest BCUT2D eigenvalue weighted by Gasteiger charge is -2.27. The number of rotatable bonds is 3. The maximum atomic E-state index is 12.1. The summed E-state index contributed by atoms with van der Waals surface area (Å²) in [4.78, 5) is 16.1. The summed E-state index contributed by atoms with van der Waals surface area (Å²) in [5.41, 5.74) is 3.60. The zero-order valence-corrected chi connectivity index (χ0v) is 10.6. The minimum atomic E-state index is -0.0788. The molecule has 5 nitrogen and oxygen atoms in total. The molecule has 0 radical (unpaired) electrons. The lowest BCUT2D eigenvalue weighted by molar-refractivity contribution is 0.0923. The van der Waals surface area contributed by atoms with Crippen molar-refractivity contribution in [3.63, 3.8) is 0 Å². The summed E-state index contributed by atoms with van der Waals surface area (Å²) >= 11 is 0. The summed E-state index contributed by atoms with van der Waals surface area (Å²) in [6, 6.07) is 1.96. The molecule has 1 fully saturated rings. The maximum absolute atomic E-state index is 12.1. The van der Waals surface area contributed by atoms with E-state index in [2.05, 4.69) is 22.7 Å². The van der Waals surface area contributed by atoms with Crippen LogP contribution in [0.3, 0.4) is 0 Å². The quantitative estimate of drug-likeness (QED) is 0.561. The highest BCUT2D eigenvalue weighted by Gasteiger charge is 2.21. The van der Waals surface area contributed by atoms with Crippen LogP contribution in [0.1, 0.15) is 43.0 Å². The molecule has 5 heteroatoms. The molecule has 0 aliphatic heterocycles. The van der Waals surface area contributed by atoms with Gasteiger partial charge in [0.2, 0.25) is 0 Å². The first-order valence-electron chi connectivity index (χ1n) is 6.42. The SMILES string of the molecule is CC1CCC(NC(=O)c2ccncc2NN)CC1. The van der Waals surface area contributed by atoms with Crippen LogP contribution in [0.25, 0.3) is 0 Å². The van der Waals surface area contributed by atoms with Gasteiger partial charge >= 0.3 is 0 Å². The van der Waals surface area contributed by atoms with Crippen molar-refractivity contribution < 1.29 is 4.79 Å². The van der Waals surface area contributed by atoms with Gasteiger partial charge in [0.15, 0.2) is 0 Å². The fourth-order valence-corrected chi connectivity index (χ4v) is 2.38. The summed E-state index contributed by atoms with van der Waals surface area (Å²) in [7, 11) is 0. The summed E-state index contributed by atoms with van der Waals surface area (Å²) < 4.78 is 0. The van der Waals surface area contributed by atoms with Gasteiger partial charge in [0, 0.05) is 12.2 Å². The monoisotopic (exact) mass is 248 g/mol. The predicted molar refractivity (Wildman–Crippen MR) is 70.9 cm³/mol. The van der Waals surface area contributed by atoms with Crippen LogP contribution < -0.4 is 16.6 Å². The van der Waals surface area contributed by atoms with E-state index >= 15 is 0 Å². The molecular weight excluding hydrogens is 228 g/mol. The molecule has 0 saturated heterocycles. The Bertz CT molecular complexity index is 413. The molecule has 98 valence electrons. The first-order chi connectivity index (χ1) is 8.70. The van der Waals surface area contributed by atoms with E-state index in [1.807, 2.05) is 0 Å². The van der Waals surface area contributed by atoms with Crippen molar-refractivity contribution in [2.75, 3.05) is 5.43 Å². The van der Waals surface area contributed by atoms with E-state index in [9.17, 15) is 4.79 Å². The molecule has 0 aromatic carbocycles. The first-order valence-corrected chi connectivity index (χ1v) is 6.42. The van der Waals surface area contributed by atoms with Gasteiger partial charge in [0.25, 0.3) is 5.91 Å². The number of aromatic nitrogens is 1. The van der Waals surface area contributed by atoms with E-state index in [0.717, 1.165) is 18.8 Å². The van der Waals surface area contributed by atoms with Gasteiger partial charge in [0.05, 0.1) is 17.4 Å². The maximum Gasteiger partial charge on any atom is 0.253 e. The Balaban J connectivity index is 1.99. The first kappa shape index (κ1) is 12.8. The van der Waals surface area contributed by atoms with Gasteiger partial charge in [-0.3, -0.25) is 15.6 Å². The number of pyridine rings is 1. The number of hydrogen-bond acceptors (Lipinski definition) is 4. The van der Waals surface area contributed by atoms with Gasteiger partial charge in [0.1, 0.15) is 0 Å². The van der Waals surface area contributed by atoms with Crippen LogP contribution in [0, 0.1) is 5.92 Å². The van der Waals surface area contributed by atoms with Gasteiger partial charge in [-0.25, -0.2) is 0 Å². The average Bonchev–Trinajstić information content (AvgIpc) is 2.41. The van der Waals surface area contributed by atoms with Crippen molar-refractivity contribution in [3.05, 3.63) is 24.0 Å². The number of hydrazine groups is 1. The normalized spacial score (nSPS) is 23.4. The molecule has 4 N–H and O–H groups in total. The highest BCUT2D eigenvalue weighted by molar-refractivity contribution is 5.99. The van der Waals surface area contributed by atoms with E-state index in [1.54, 1.807) is 18.5 Å². The highest BCUT2D eigenvalue weighted by atomic mass is 16.1. The van der Waals surface area contributed by atoms with Crippen LogP contribution in [0.4, 0.5) is 5.69 Å². The van der Waals surface area contributed by atoms with Crippen LogP contribution in [0.5, 0.6) is 0 Å². The third kappa shape index (κ3) is 2.98. The molecule has 18 heavy (non-hydrogen) atoms. The lowest BCUT2D eigenvalue weighted by Crippen LogP contribution is -2.37. The number of nitrogens with two attached hydrogens (primary N) is 1. The van der Waals surface area contributed by atoms with Crippen LogP contribution in [0.15, 0.2) is 18.5 Å². The van der Waals surface area contributed by atoms with E-state index in [-0.39, 0.29) is 11.9 Å². The van der Waals surface area contributed by atoms with Gasteiger partial charge < -0.3 is 10.7 Å². The minimum absolute atomic E-state index is 0.0788. The average molecular weight is 248 g/mol. The van der Waals surface area contributed by atoms with Crippen LogP contribution in [-0.2, 0) is 0 Å². The number of nitrogen functional groups attached to an aromatic ring is 1. The Morgan fingerprint density at radius 2 is 2.11 bits per heavy atom. The summed E-state index contributed by atoms with van der Waals surface area (Å²) in [6.45, 7) is 2.26. The highest BCUT2D eigenvalue weighted by Crippen LogP contribution is 2.24. The van der Waals surface area contributed by atoms with E-state index in [1.165, 1.54) is 12.8 Å². The number of anilines is 1. The van der Waals surface area contributed by atoms with Crippen LogP contribution in [0.2, 0.25) is 0 Å². The molecule has 1 aromatic rings. The molecule has 2 rings (SSSR count). The molecule has 0 atom stereocenters. The number of nitrogens with one attached hydrogen (secondary N) is 2.